The maximum Gasteiger partial charge on any atom is -0.0417 e. The van der Waals surface area contributed by atoms with Crippen molar-refractivity contribution >= 4 is 0 Å². The van der Waals surface area contributed by atoms with Crippen LogP contribution in [0.3, 0.4) is 0 Å². The van der Waals surface area contributed by atoms with Crippen LogP contribution in [0.5, 0.6) is 0 Å². The Balaban J connectivity index is 3.50. The Bertz CT molecular complexity index is 117. The van der Waals surface area contributed by atoms with E-state index in [0.717, 1.165) is 17.8 Å². The molecule has 0 radical (unpaired) electrons. The quantitative estimate of drug-likeness (QED) is 0.498. The second-order valence-corrected chi connectivity index (χ2v) is 5.19. The van der Waals surface area contributed by atoms with Gasteiger partial charge in [0.15, 0.2) is 0 Å². The van der Waals surface area contributed by atoms with Crippen LogP contribution in [-0.4, -0.2) is 0 Å². The van der Waals surface area contributed by atoms with Crippen molar-refractivity contribution in [1.82, 2.24) is 0 Å². The third kappa shape index (κ3) is 6.45. The van der Waals surface area contributed by atoms with Crippen LogP contribution in [0.2, 0.25) is 0 Å². The first-order valence-corrected chi connectivity index (χ1v) is 6.61. The molecule has 0 bridgehead atoms. The topological polar surface area (TPSA) is 0 Å². The van der Waals surface area contributed by atoms with E-state index in [9.17, 15) is 0 Å². The largest absolute Gasteiger partial charge is 0.0654 e. The molecule has 0 aromatic carbocycles. The molecule has 3 unspecified atom stereocenters. The molecular weight excluding hydrogens is 168 g/mol. The average molecular weight is 198 g/mol. The second-order valence-electron chi connectivity index (χ2n) is 5.19. The van der Waals surface area contributed by atoms with Crippen molar-refractivity contribution in [3.63, 3.8) is 0 Å². The summed E-state index contributed by atoms with van der Waals surface area (Å²) in [5.74, 6) is 2.78. The van der Waals surface area contributed by atoms with E-state index in [1.54, 1.807) is 0 Å². The molecule has 0 amide bonds. The Morgan fingerprint density at radius 2 is 1.43 bits per heavy atom. The Morgan fingerprint density at radius 1 is 0.786 bits per heavy atom. The van der Waals surface area contributed by atoms with Crippen molar-refractivity contribution in [1.29, 1.82) is 0 Å². The fraction of sp³-hybridized carbons (Fsp3) is 1.00. The third-order valence-electron chi connectivity index (χ3n) is 3.78. The minimum atomic E-state index is 0.911. The SMILES string of the molecule is CCCCC(C)CCC(C)C(C)CC. The fourth-order valence-corrected chi connectivity index (χ4v) is 1.93. The van der Waals surface area contributed by atoms with E-state index >= 15 is 0 Å². The number of unbranched alkanes of at least 4 members (excludes halogenated alkanes) is 1. The van der Waals surface area contributed by atoms with Crippen molar-refractivity contribution in [3.05, 3.63) is 0 Å². The smallest absolute Gasteiger partial charge is 0.0417 e. The summed E-state index contributed by atoms with van der Waals surface area (Å²) in [6.07, 6.45) is 8.41. The highest BCUT2D eigenvalue weighted by atomic mass is 14.2. The molecule has 0 rings (SSSR count). The van der Waals surface area contributed by atoms with Gasteiger partial charge in [-0.1, -0.05) is 73.1 Å². The summed E-state index contributed by atoms with van der Waals surface area (Å²) in [7, 11) is 0. The van der Waals surface area contributed by atoms with E-state index in [-0.39, 0.29) is 0 Å². The van der Waals surface area contributed by atoms with Gasteiger partial charge in [0.1, 0.15) is 0 Å². The molecule has 0 aliphatic carbocycles. The Morgan fingerprint density at radius 3 is 1.93 bits per heavy atom. The van der Waals surface area contributed by atoms with Gasteiger partial charge in [-0.25, -0.2) is 0 Å². The van der Waals surface area contributed by atoms with Gasteiger partial charge < -0.3 is 0 Å². The van der Waals surface area contributed by atoms with Crippen LogP contribution in [0.1, 0.15) is 73.1 Å². The normalized spacial score (nSPS) is 17.8. The number of hydrogen-bond donors (Lipinski definition) is 0. The van der Waals surface area contributed by atoms with Crippen LogP contribution in [0.15, 0.2) is 0 Å². The predicted octanol–water partition coefficient (Wildman–Crippen LogP) is 5.28. The van der Waals surface area contributed by atoms with Crippen molar-refractivity contribution in [3.8, 4) is 0 Å². The molecule has 3 atom stereocenters. The van der Waals surface area contributed by atoms with Crippen molar-refractivity contribution in [2.75, 3.05) is 0 Å². The van der Waals surface area contributed by atoms with Gasteiger partial charge in [-0.05, 0) is 17.8 Å². The highest BCUT2D eigenvalue weighted by Gasteiger charge is 2.11. The minimum Gasteiger partial charge on any atom is -0.0654 e. The molecule has 0 saturated carbocycles. The molecule has 0 aliphatic rings. The van der Waals surface area contributed by atoms with Gasteiger partial charge >= 0.3 is 0 Å². The summed E-state index contributed by atoms with van der Waals surface area (Å²) < 4.78 is 0. The van der Waals surface area contributed by atoms with Crippen LogP contribution in [0, 0.1) is 17.8 Å². The van der Waals surface area contributed by atoms with Crippen molar-refractivity contribution in [2.45, 2.75) is 73.1 Å². The molecule has 86 valence electrons. The van der Waals surface area contributed by atoms with Crippen LogP contribution < -0.4 is 0 Å². The third-order valence-corrected chi connectivity index (χ3v) is 3.78. The molecule has 0 N–H and O–H groups in total. The first-order valence-electron chi connectivity index (χ1n) is 6.61. The van der Waals surface area contributed by atoms with E-state index < -0.39 is 0 Å². The fourth-order valence-electron chi connectivity index (χ4n) is 1.93. The van der Waals surface area contributed by atoms with Gasteiger partial charge in [-0.15, -0.1) is 0 Å². The molecule has 0 nitrogen and oxygen atoms in total. The van der Waals surface area contributed by atoms with Gasteiger partial charge in [0.2, 0.25) is 0 Å². The van der Waals surface area contributed by atoms with Gasteiger partial charge in [0.25, 0.3) is 0 Å². The maximum absolute atomic E-state index is 2.42. The van der Waals surface area contributed by atoms with E-state index in [0.29, 0.717) is 0 Å². The number of hydrogen-bond acceptors (Lipinski definition) is 0. The molecule has 0 aromatic heterocycles. The lowest BCUT2D eigenvalue weighted by Crippen LogP contribution is -2.08. The van der Waals surface area contributed by atoms with Crippen LogP contribution in [0.4, 0.5) is 0 Å². The molecule has 0 spiro atoms. The highest BCUT2D eigenvalue weighted by Crippen LogP contribution is 2.23. The van der Waals surface area contributed by atoms with E-state index in [1.807, 2.05) is 0 Å². The van der Waals surface area contributed by atoms with Crippen LogP contribution in [-0.2, 0) is 0 Å². The van der Waals surface area contributed by atoms with Crippen LogP contribution in [0.25, 0.3) is 0 Å². The molecule has 0 fully saturated rings. The maximum atomic E-state index is 2.42. The molecule has 0 saturated heterocycles. The molecule has 14 heavy (non-hydrogen) atoms. The summed E-state index contributed by atoms with van der Waals surface area (Å²) in [6, 6.07) is 0. The lowest BCUT2D eigenvalue weighted by atomic mass is 9.86. The first kappa shape index (κ1) is 14.0. The monoisotopic (exact) mass is 198 g/mol. The molecule has 0 aliphatic heterocycles. The van der Waals surface area contributed by atoms with Crippen molar-refractivity contribution < 1.29 is 0 Å². The first-order chi connectivity index (χ1) is 6.61. The Labute approximate surface area is 91.5 Å². The zero-order valence-electron chi connectivity index (χ0n) is 11.0. The summed E-state index contributed by atoms with van der Waals surface area (Å²) in [6.45, 7) is 11.8. The lowest BCUT2D eigenvalue weighted by molar-refractivity contribution is 0.317. The summed E-state index contributed by atoms with van der Waals surface area (Å²) in [5, 5.41) is 0. The van der Waals surface area contributed by atoms with E-state index in [4.69, 9.17) is 0 Å². The molecule has 0 heterocycles. The predicted molar refractivity (Wildman–Crippen MR) is 66.5 cm³/mol. The standard InChI is InChI=1S/C14H30/c1-6-8-9-12(3)10-11-14(5)13(4)7-2/h12-14H,6-11H2,1-5H3. The molecule has 0 heteroatoms. The summed E-state index contributed by atoms with van der Waals surface area (Å²) in [5.41, 5.74) is 0. The van der Waals surface area contributed by atoms with Gasteiger partial charge in [-0.3, -0.25) is 0 Å². The van der Waals surface area contributed by atoms with Gasteiger partial charge in [0.05, 0.1) is 0 Å². The van der Waals surface area contributed by atoms with E-state index in [1.165, 1.54) is 38.5 Å². The van der Waals surface area contributed by atoms with Gasteiger partial charge in [0, 0.05) is 0 Å². The van der Waals surface area contributed by atoms with Crippen molar-refractivity contribution in [2.24, 2.45) is 17.8 Å². The number of rotatable bonds is 8. The Hall–Kier alpha value is 0. The zero-order valence-corrected chi connectivity index (χ0v) is 11.0. The Kier molecular flexibility index (Phi) is 8.32. The summed E-state index contributed by atoms with van der Waals surface area (Å²) in [4.78, 5) is 0. The average Bonchev–Trinajstić information content (AvgIpc) is 2.21. The molecular formula is C14H30. The lowest BCUT2D eigenvalue weighted by Gasteiger charge is -2.20. The van der Waals surface area contributed by atoms with Gasteiger partial charge in [-0.2, -0.15) is 0 Å². The van der Waals surface area contributed by atoms with E-state index in [2.05, 4.69) is 34.6 Å². The van der Waals surface area contributed by atoms with Crippen LogP contribution >= 0.6 is 0 Å². The zero-order chi connectivity index (χ0) is 11.0. The minimum absolute atomic E-state index is 0.911. The molecule has 0 aromatic rings. The summed E-state index contributed by atoms with van der Waals surface area (Å²) >= 11 is 0. The highest BCUT2D eigenvalue weighted by molar-refractivity contribution is 4.63. The second kappa shape index (κ2) is 8.32.